The molecule has 45 heavy (non-hydrogen) atoms. The topological polar surface area (TPSA) is 190 Å². The molecule has 1 heterocycles. The molecule has 4 rings (SSSR count). The summed E-state index contributed by atoms with van der Waals surface area (Å²) in [4.78, 5) is 75.9. The number of hydrogen-bond donors (Lipinski definition) is 4. The van der Waals surface area contributed by atoms with Crippen LogP contribution >= 0.6 is 0 Å². The molecule has 13 nitrogen and oxygen atoms in total. The second-order valence-electron chi connectivity index (χ2n) is 9.67. The fourth-order valence-electron chi connectivity index (χ4n) is 3.81. The van der Waals surface area contributed by atoms with E-state index >= 15 is 0 Å². The van der Waals surface area contributed by atoms with Gasteiger partial charge in [-0.15, -0.1) is 0 Å². The Bertz CT molecular complexity index is 1700. The number of benzene rings is 3. The van der Waals surface area contributed by atoms with Crippen LogP contribution in [0, 0.1) is 13.8 Å². The molecule has 0 bridgehead atoms. The Morgan fingerprint density at radius 3 is 1.64 bits per heavy atom. The molecule has 13 heteroatoms. The van der Waals surface area contributed by atoms with E-state index in [1.54, 1.807) is 44.2 Å². The lowest BCUT2D eigenvalue weighted by Gasteiger charge is -2.23. The van der Waals surface area contributed by atoms with Crippen LogP contribution in [0.5, 0.6) is 0 Å². The van der Waals surface area contributed by atoms with Crippen molar-refractivity contribution >= 4 is 41.3 Å². The van der Waals surface area contributed by atoms with Gasteiger partial charge in [-0.05, 0) is 74.5 Å². The molecule has 0 spiro atoms. The van der Waals surface area contributed by atoms with Crippen molar-refractivity contribution in [1.29, 1.82) is 0 Å². The van der Waals surface area contributed by atoms with E-state index in [1.165, 1.54) is 60.9 Å². The van der Waals surface area contributed by atoms with Crippen molar-refractivity contribution in [2.45, 2.75) is 26.1 Å². The Labute approximate surface area is 256 Å². The highest BCUT2D eigenvalue weighted by atomic mass is 16.6. The van der Waals surface area contributed by atoms with Gasteiger partial charge in [0.1, 0.15) is 0 Å². The summed E-state index contributed by atoms with van der Waals surface area (Å²) < 4.78 is 15.4. The lowest BCUT2D eigenvalue weighted by atomic mass is 10.1. The predicted molar refractivity (Wildman–Crippen MR) is 157 cm³/mol. The molecule has 3 aromatic carbocycles. The number of carboxylic acids is 1. The molecule has 3 amide bonds. The maximum atomic E-state index is 13.2. The number of aryl methyl sites for hydroxylation is 2. The lowest BCUT2D eigenvalue weighted by Crippen LogP contribution is -2.54. The number of amides is 3. The number of ether oxygens (including phenoxy) is 2. The van der Waals surface area contributed by atoms with Crippen molar-refractivity contribution < 1.29 is 47.8 Å². The molecule has 4 aromatic rings. The van der Waals surface area contributed by atoms with E-state index in [-0.39, 0.29) is 22.5 Å². The van der Waals surface area contributed by atoms with E-state index in [1.807, 2.05) is 5.43 Å². The highest BCUT2D eigenvalue weighted by molar-refractivity contribution is 6.03. The summed E-state index contributed by atoms with van der Waals surface area (Å²) in [7, 11) is 0. The number of carbonyl (C=O) groups is 6. The predicted octanol–water partition coefficient (Wildman–Crippen LogP) is 3.45. The summed E-state index contributed by atoms with van der Waals surface area (Å²) in [6, 6.07) is 20.6. The van der Waals surface area contributed by atoms with Crippen LogP contribution in [0.1, 0.15) is 52.8 Å². The maximum absolute atomic E-state index is 13.2. The van der Waals surface area contributed by atoms with Gasteiger partial charge in [0, 0.05) is 11.3 Å². The summed E-state index contributed by atoms with van der Waals surface area (Å²) in [5, 5.41) is 12.5. The second-order valence-corrected chi connectivity index (χ2v) is 9.67. The third-order valence-corrected chi connectivity index (χ3v) is 6.27. The molecule has 0 unspecified atom stereocenters. The van der Waals surface area contributed by atoms with Gasteiger partial charge in [0.05, 0.1) is 17.4 Å². The molecular formula is C32H27N3O10. The fourth-order valence-corrected chi connectivity index (χ4v) is 3.81. The van der Waals surface area contributed by atoms with E-state index in [2.05, 4.69) is 10.7 Å². The molecule has 4 N–H and O–H groups in total. The molecule has 1 aromatic heterocycles. The van der Waals surface area contributed by atoms with Gasteiger partial charge < -0.3 is 24.3 Å². The first kappa shape index (κ1) is 31.7. The first-order valence-corrected chi connectivity index (χ1v) is 13.3. The average Bonchev–Trinajstić information content (AvgIpc) is 3.58. The quantitative estimate of drug-likeness (QED) is 0.152. The number of furan rings is 1. The van der Waals surface area contributed by atoms with E-state index in [0.29, 0.717) is 5.69 Å². The molecule has 0 aliphatic rings. The Hall–Kier alpha value is -6.24. The number of aliphatic carboxylic acids is 1. The molecule has 230 valence electrons. The number of esters is 2. The van der Waals surface area contributed by atoms with Gasteiger partial charge >= 0.3 is 17.9 Å². The van der Waals surface area contributed by atoms with Crippen LogP contribution in [0.2, 0.25) is 0 Å². The summed E-state index contributed by atoms with van der Waals surface area (Å²) in [5.41, 5.74) is 6.15. The molecule has 0 saturated carbocycles. The second kappa shape index (κ2) is 14.3. The van der Waals surface area contributed by atoms with Crippen LogP contribution in [-0.2, 0) is 19.1 Å². The Morgan fingerprint density at radius 1 is 0.644 bits per heavy atom. The van der Waals surface area contributed by atoms with E-state index in [4.69, 9.17) is 13.9 Å². The Morgan fingerprint density at radius 2 is 1.16 bits per heavy atom. The Kier molecular flexibility index (Phi) is 10.1. The SMILES string of the molecule is Cc1ccc(C(=O)O[C@H](C(=O)O)[C@@H](OC(=O)c2ccc(C)cc2)C(=O)NNC(=O)c2ccc(NC(=O)c3ccco3)cc2)cc1. The van der Waals surface area contributed by atoms with Crippen molar-refractivity contribution in [3.8, 4) is 0 Å². The van der Waals surface area contributed by atoms with Gasteiger partial charge in [0.2, 0.25) is 12.2 Å². The number of hydrazine groups is 1. The highest BCUT2D eigenvalue weighted by Crippen LogP contribution is 2.15. The van der Waals surface area contributed by atoms with Crippen LogP contribution in [0.3, 0.4) is 0 Å². The third-order valence-electron chi connectivity index (χ3n) is 6.27. The first-order chi connectivity index (χ1) is 21.5. The minimum Gasteiger partial charge on any atom is -0.478 e. The number of anilines is 1. The average molecular weight is 614 g/mol. The van der Waals surface area contributed by atoms with Crippen molar-refractivity contribution in [3.63, 3.8) is 0 Å². The van der Waals surface area contributed by atoms with Crippen LogP contribution in [0.15, 0.2) is 95.6 Å². The monoisotopic (exact) mass is 613 g/mol. The number of hydrogen-bond acceptors (Lipinski definition) is 9. The summed E-state index contributed by atoms with van der Waals surface area (Å²) in [6.45, 7) is 3.56. The third kappa shape index (κ3) is 8.41. The first-order valence-electron chi connectivity index (χ1n) is 13.3. The molecule has 0 saturated heterocycles. The van der Waals surface area contributed by atoms with Crippen LogP contribution in [-0.4, -0.2) is 52.9 Å². The standard InChI is InChI=1S/C32H27N3O10/c1-18-5-9-21(10-6-18)31(41)44-25(26(30(39)40)45-32(42)22-11-7-19(2)8-12-22)29(38)35-34-27(36)20-13-15-23(16-14-20)33-28(37)24-4-3-17-43-24/h3-17,25-26H,1-2H3,(H,33,37)(H,34,36)(H,35,38)(H,39,40)/t25-,26+/m1/s1. The zero-order valence-electron chi connectivity index (χ0n) is 23.9. The maximum Gasteiger partial charge on any atom is 0.349 e. The largest absolute Gasteiger partial charge is 0.478 e. The van der Waals surface area contributed by atoms with Crippen molar-refractivity contribution in [1.82, 2.24) is 10.9 Å². The van der Waals surface area contributed by atoms with Gasteiger partial charge in [-0.1, -0.05) is 35.4 Å². The minimum atomic E-state index is -2.29. The van der Waals surface area contributed by atoms with Gasteiger partial charge in [-0.3, -0.25) is 25.2 Å². The van der Waals surface area contributed by atoms with Crippen LogP contribution in [0.4, 0.5) is 5.69 Å². The zero-order valence-corrected chi connectivity index (χ0v) is 23.9. The number of rotatable bonds is 10. The number of carbonyl (C=O) groups excluding carboxylic acids is 5. The van der Waals surface area contributed by atoms with Gasteiger partial charge in [0.15, 0.2) is 5.76 Å². The fraction of sp³-hybridized carbons (Fsp3) is 0.125. The summed E-state index contributed by atoms with van der Waals surface area (Å²) in [6.07, 6.45) is -3.16. The molecule has 0 radical (unpaired) electrons. The minimum absolute atomic E-state index is 0.00402. The van der Waals surface area contributed by atoms with Crippen molar-refractivity contribution in [3.05, 3.63) is 125 Å². The number of nitrogens with one attached hydrogen (secondary N) is 3. The summed E-state index contributed by atoms with van der Waals surface area (Å²) in [5.74, 6) is -6.50. The van der Waals surface area contributed by atoms with Gasteiger partial charge in [-0.25, -0.2) is 14.4 Å². The normalized spacial score (nSPS) is 11.8. The molecule has 2 atom stereocenters. The van der Waals surface area contributed by atoms with Crippen LogP contribution in [0.25, 0.3) is 0 Å². The molecular weight excluding hydrogens is 586 g/mol. The summed E-state index contributed by atoms with van der Waals surface area (Å²) >= 11 is 0. The molecule has 0 fully saturated rings. The van der Waals surface area contributed by atoms with E-state index in [9.17, 15) is 33.9 Å². The molecule has 0 aliphatic carbocycles. The zero-order chi connectivity index (χ0) is 32.5. The Balaban J connectivity index is 1.48. The van der Waals surface area contributed by atoms with Crippen molar-refractivity contribution in [2.75, 3.05) is 5.32 Å². The van der Waals surface area contributed by atoms with Crippen LogP contribution < -0.4 is 16.2 Å². The van der Waals surface area contributed by atoms with E-state index in [0.717, 1.165) is 11.1 Å². The molecule has 0 aliphatic heterocycles. The van der Waals surface area contributed by atoms with Gasteiger partial charge in [-0.2, -0.15) is 0 Å². The smallest absolute Gasteiger partial charge is 0.349 e. The number of carboxylic acid groups (broad SMARTS) is 1. The lowest BCUT2D eigenvalue weighted by molar-refractivity contribution is -0.159. The van der Waals surface area contributed by atoms with Crippen molar-refractivity contribution in [2.24, 2.45) is 0 Å². The van der Waals surface area contributed by atoms with E-state index < -0.39 is 47.8 Å². The van der Waals surface area contributed by atoms with Gasteiger partial charge in [0.25, 0.3) is 17.7 Å². The highest BCUT2D eigenvalue weighted by Gasteiger charge is 2.41.